The number of halogens is 1. The molecule has 2 aromatic heterocycles. The van der Waals surface area contributed by atoms with Gasteiger partial charge >= 0.3 is 0 Å². The summed E-state index contributed by atoms with van der Waals surface area (Å²) in [5.74, 6) is 0. The number of nitrogens with zero attached hydrogens (tertiary/aromatic N) is 3. The molecule has 3 rings (SSSR count). The van der Waals surface area contributed by atoms with E-state index in [9.17, 15) is 0 Å². The number of thiazole rings is 1. The zero-order valence-electron chi connectivity index (χ0n) is 10.1. The van der Waals surface area contributed by atoms with Gasteiger partial charge in [-0.2, -0.15) is 0 Å². The fraction of sp³-hybridized carbons (Fsp3) is 0.154. The lowest BCUT2D eigenvalue weighted by Gasteiger charge is -2.04. The van der Waals surface area contributed by atoms with Crippen LogP contribution in [0.15, 0.2) is 35.7 Å². The Bertz CT molecular complexity index is 678. The van der Waals surface area contributed by atoms with Crippen molar-refractivity contribution >= 4 is 34.3 Å². The Kier molecular flexibility index (Phi) is 3.59. The van der Waals surface area contributed by atoms with Crippen LogP contribution in [0.25, 0.3) is 10.7 Å². The van der Waals surface area contributed by atoms with Gasteiger partial charge in [0.2, 0.25) is 0 Å². The predicted octanol–water partition coefficient (Wildman–Crippen LogP) is 4.30. The predicted molar refractivity (Wildman–Crippen MR) is 79.9 cm³/mol. The molecule has 6 heteroatoms. The quantitative estimate of drug-likeness (QED) is 0.677. The number of aromatic nitrogens is 3. The van der Waals surface area contributed by atoms with E-state index in [2.05, 4.69) is 15.2 Å². The van der Waals surface area contributed by atoms with Crippen LogP contribution in [0.4, 0.5) is 0 Å². The molecule has 3 aromatic rings. The lowest BCUT2D eigenvalue weighted by molar-refractivity contribution is 0.986. The van der Waals surface area contributed by atoms with Crippen LogP contribution >= 0.6 is 34.3 Å². The highest BCUT2D eigenvalue weighted by atomic mass is 35.5. The molecule has 0 aliphatic carbocycles. The molecule has 96 valence electrons. The molecule has 0 spiro atoms. The number of benzene rings is 1. The standard InChI is InChI=1S/C13H10ClN3S2/c1-8-15-10(7-18-8)12-16-17-13(19-12)11(14)9-5-3-2-4-6-9/h2-7,11H,1H3. The zero-order valence-corrected chi connectivity index (χ0v) is 12.5. The maximum Gasteiger partial charge on any atom is 0.167 e. The van der Waals surface area contributed by atoms with Gasteiger partial charge in [-0.05, 0) is 12.5 Å². The van der Waals surface area contributed by atoms with E-state index in [-0.39, 0.29) is 5.38 Å². The van der Waals surface area contributed by atoms with Gasteiger partial charge < -0.3 is 0 Å². The molecule has 0 saturated carbocycles. The highest BCUT2D eigenvalue weighted by Crippen LogP contribution is 2.34. The van der Waals surface area contributed by atoms with E-state index in [1.807, 2.05) is 42.6 Å². The minimum absolute atomic E-state index is 0.257. The minimum atomic E-state index is -0.257. The molecule has 2 heterocycles. The van der Waals surface area contributed by atoms with E-state index in [0.29, 0.717) is 0 Å². The molecular formula is C13H10ClN3S2. The highest BCUT2D eigenvalue weighted by molar-refractivity contribution is 7.15. The van der Waals surface area contributed by atoms with Gasteiger partial charge in [0.25, 0.3) is 0 Å². The molecule has 0 radical (unpaired) electrons. The molecule has 19 heavy (non-hydrogen) atoms. The second-order valence-electron chi connectivity index (χ2n) is 3.97. The van der Waals surface area contributed by atoms with Crippen molar-refractivity contribution in [2.75, 3.05) is 0 Å². The molecule has 0 amide bonds. The Morgan fingerprint density at radius 2 is 1.95 bits per heavy atom. The number of alkyl halides is 1. The molecule has 1 atom stereocenters. The zero-order chi connectivity index (χ0) is 13.2. The fourth-order valence-electron chi connectivity index (χ4n) is 1.67. The monoisotopic (exact) mass is 307 g/mol. The second-order valence-corrected chi connectivity index (χ2v) is 6.48. The summed E-state index contributed by atoms with van der Waals surface area (Å²) in [6.45, 7) is 1.98. The van der Waals surface area contributed by atoms with Crippen LogP contribution in [0.3, 0.4) is 0 Å². The minimum Gasteiger partial charge on any atom is -0.239 e. The molecule has 3 nitrogen and oxygen atoms in total. The Hall–Kier alpha value is -1.30. The first kappa shape index (κ1) is 12.7. The van der Waals surface area contributed by atoms with E-state index < -0.39 is 0 Å². The van der Waals surface area contributed by atoms with Crippen molar-refractivity contribution in [1.29, 1.82) is 0 Å². The summed E-state index contributed by atoms with van der Waals surface area (Å²) in [5, 5.41) is 12.7. The van der Waals surface area contributed by atoms with Crippen molar-refractivity contribution in [2.24, 2.45) is 0 Å². The number of rotatable bonds is 3. The number of aryl methyl sites for hydroxylation is 1. The molecule has 0 bridgehead atoms. The van der Waals surface area contributed by atoms with Gasteiger partial charge in [-0.3, -0.25) is 0 Å². The maximum atomic E-state index is 6.43. The second kappa shape index (κ2) is 5.36. The maximum absolute atomic E-state index is 6.43. The summed E-state index contributed by atoms with van der Waals surface area (Å²) in [5.41, 5.74) is 1.91. The van der Waals surface area contributed by atoms with Crippen molar-refractivity contribution in [3.63, 3.8) is 0 Å². The normalized spacial score (nSPS) is 12.5. The third-order valence-corrected chi connectivity index (χ3v) is 4.96. The van der Waals surface area contributed by atoms with Crippen molar-refractivity contribution in [1.82, 2.24) is 15.2 Å². The molecule has 0 aliphatic heterocycles. The lowest BCUT2D eigenvalue weighted by Crippen LogP contribution is -1.91. The summed E-state index contributed by atoms with van der Waals surface area (Å²) >= 11 is 9.53. The molecular weight excluding hydrogens is 298 g/mol. The Balaban J connectivity index is 1.89. The Morgan fingerprint density at radius 1 is 1.16 bits per heavy atom. The van der Waals surface area contributed by atoms with Gasteiger partial charge in [0.15, 0.2) is 5.01 Å². The van der Waals surface area contributed by atoms with Crippen LogP contribution < -0.4 is 0 Å². The number of hydrogen-bond acceptors (Lipinski definition) is 5. The van der Waals surface area contributed by atoms with E-state index in [1.54, 1.807) is 11.3 Å². The van der Waals surface area contributed by atoms with E-state index in [4.69, 9.17) is 11.6 Å². The fourth-order valence-corrected chi connectivity index (χ4v) is 3.47. The summed E-state index contributed by atoms with van der Waals surface area (Å²) < 4.78 is 0. The van der Waals surface area contributed by atoms with Gasteiger partial charge in [0, 0.05) is 5.38 Å². The lowest BCUT2D eigenvalue weighted by atomic mass is 10.1. The van der Waals surface area contributed by atoms with Crippen LogP contribution in [-0.4, -0.2) is 15.2 Å². The first-order valence-electron chi connectivity index (χ1n) is 5.69. The van der Waals surface area contributed by atoms with E-state index >= 15 is 0 Å². The van der Waals surface area contributed by atoms with Gasteiger partial charge in [-0.15, -0.1) is 33.1 Å². The Labute approximate surface area is 123 Å². The van der Waals surface area contributed by atoms with Gasteiger partial charge in [0.1, 0.15) is 16.1 Å². The number of hydrogen-bond donors (Lipinski definition) is 0. The van der Waals surface area contributed by atoms with E-state index in [0.717, 1.165) is 26.3 Å². The summed E-state index contributed by atoms with van der Waals surface area (Å²) in [4.78, 5) is 4.41. The van der Waals surface area contributed by atoms with Crippen molar-refractivity contribution < 1.29 is 0 Å². The third kappa shape index (κ3) is 2.68. The van der Waals surface area contributed by atoms with Gasteiger partial charge in [-0.1, -0.05) is 41.7 Å². The molecule has 0 saturated heterocycles. The van der Waals surface area contributed by atoms with Crippen molar-refractivity contribution in [3.8, 4) is 10.7 Å². The van der Waals surface area contributed by atoms with Gasteiger partial charge in [-0.25, -0.2) is 4.98 Å². The molecule has 1 aromatic carbocycles. The van der Waals surface area contributed by atoms with Crippen molar-refractivity contribution in [2.45, 2.75) is 12.3 Å². The summed E-state index contributed by atoms with van der Waals surface area (Å²) in [6.07, 6.45) is 0. The smallest absolute Gasteiger partial charge is 0.167 e. The average Bonchev–Trinajstić information content (AvgIpc) is 3.07. The largest absolute Gasteiger partial charge is 0.239 e. The highest BCUT2D eigenvalue weighted by Gasteiger charge is 2.17. The van der Waals surface area contributed by atoms with Gasteiger partial charge in [0.05, 0.1) is 5.01 Å². The van der Waals surface area contributed by atoms with Crippen LogP contribution in [0.1, 0.15) is 21.0 Å². The first-order chi connectivity index (χ1) is 9.24. The topological polar surface area (TPSA) is 38.7 Å². The SMILES string of the molecule is Cc1nc(-c2nnc(C(Cl)c3ccccc3)s2)cs1. The van der Waals surface area contributed by atoms with Crippen LogP contribution in [-0.2, 0) is 0 Å². The van der Waals surface area contributed by atoms with Crippen LogP contribution in [0.5, 0.6) is 0 Å². The third-order valence-electron chi connectivity index (χ3n) is 2.59. The molecule has 1 unspecified atom stereocenters. The van der Waals surface area contributed by atoms with Crippen LogP contribution in [0.2, 0.25) is 0 Å². The Morgan fingerprint density at radius 3 is 2.63 bits per heavy atom. The van der Waals surface area contributed by atoms with E-state index in [1.165, 1.54) is 11.3 Å². The average molecular weight is 308 g/mol. The molecule has 0 N–H and O–H groups in total. The van der Waals surface area contributed by atoms with Crippen molar-refractivity contribution in [3.05, 3.63) is 51.3 Å². The molecule has 0 fully saturated rings. The van der Waals surface area contributed by atoms with Crippen LogP contribution in [0, 0.1) is 6.92 Å². The first-order valence-corrected chi connectivity index (χ1v) is 7.82. The summed E-state index contributed by atoms with van der Waals surface area (Å²) in [6, 6.07) is 9.89. The molecule has 0 aliphatic rings. The summed E-state index contributed by atoms with van der Waals surface area (Å²) in [7, 11) is 0.